The van der Waals surface area contributed by atoms with E-state index in [4.69, 9.17) is 11.6 Å². The fourth-order valence-electron chi connectivity index (χ4n) is 2.42. The molecule has 0 aliphatic carbocycles. The topological polar surface area (TPSA) is 46.1 Å². The standard InChI is InChI=1S/C17H12ClF2N3O/c1-10-11-5-2-3-8-14(11)22-17(21-10)23(15(24)9-18)16-12(19)6-4-7-13(16)20/h2-8H,9H2,1H3. The van der Waals surface area contributed by atoms with Crippen LogP contribution in [0.25, 0.3) is 10.9 Å². The highest BCUT2D eigenvalue weighted by Gasteiger charge is 2.26. The van der Waals surface area contributed by atoms with E-state index in [1.165, 1.54) is 6.07 Å². The Labute approximate surface area is 141 Å². The number of hydrogen-bond donors (Lipinski definition) is 0. The van der Waals surface area contributed by atoms with Gasteiger partial charge in [-0.3, -0.25) is 4.79 Å². The smallest absolute Gasteiger partial charge is 0.249 e. The highest BCUT2D eigenvalue weighted by Crippen LogP contribution is 2.30. The zero-order chi connectivity index (χ0) is 17.3. The first kappa shape index (κ1) is 16.3. The molecule has 0 fully saturated rings. The summed E-state index contributed by atoms with van der Waals surface area (Å²) in [4.78, 5) is 21.5. The maximum Gasteiger partial charge on any atom is 0.249 e. The SMILES string of the molecule is Cc1nc(N(C(=O)CCl)c2c(F)cccc2F)nc2ccccc12. The number of rotatable bonds is 3. The third-order valence-electron chi connectivity index (χ3n) is 3.51. The first-order valence-corrected chi connectivity index (χ1v) is 7.62. The van der Waals surface area contributed by atoms with E-state index in [9.17, 15) is 13.6 Å². The van der Waals surface area contributed by atoms with E-state index in [0.717, 1.165) is 22.4 Å². The van der Waals surface area contributed by atoms with Crippen LogP contribution in [-0.4, -0.2) is 21.8 Å². The van der Waals surface area contributed by atoms with Crippen LogP contribution in [0.1, 0.15) is 5.69 Å². The molecule has 4 nitrogen and oxygen atoms in total. The van der Waals surface area contributed by atoms with E-state index in [-0.39, 0.29) is 5.95 Å². The Hall–Kier alpha value is -2.60. The second kappa shape index (κ2) is 6.49. The highest BCUT2D eigenvalue weighted by atomic mass is 35.5. The number of hydrogen-bond acceptors (Lipinski definition) is 3. The lowest BCUT2D eigenvalue weighted by Gasteiger charge is -2.21. The van der Waals surface area contributed by atoms with E-state index >= 15 is 0 Å². The van der Waals surface area contributed by atoms with Gasteiger partial charge in [-0.15, -0.1) is 11.6 Å². The van der Waals surface area contributed by atoms with Crippen molar-refractivity contribution in [1.29, 1.82) is 0 Å². The number of para-hydroxylation sites is 2. The Morgan fingerprint density at radius 1 is 1.08 bits per heavy atom. The summed E-state index contributed by atoms with van der Waals surface area (Å²) < 4.78 is 28.3. The minimum absolute atomic E-state index is 0.124. The lowest BCUT2D eigenvalue weighted by Crippen LogP contribution is -2.30. The van der Waals surface area contributed by atoms with Crippen LogP contribution in [-0.2, 0) is 4.79 Å². The summed E-state index contributed by atoms with van der Waals surface area (Å²) >= 11 is 5.62. The number of aryl methyl sites for hydroxylation is 1. The number of halogens is 3. The second-order valence-electron chi connectivity index (χ2n) is 5.06. The molecule has 0 aliphatic rings. The van der Waals surface area contributed by atoms with Crippen molar-refractivity contribution in [2.24, 2.45) is 0 Å². The first-order valence-electron chi connectivity index (χ1n) is 7.09. The van der Waals surface area contributed by atoms with Gasteiger partial charge in [0.05, 0.1) is 11.2 Å². The zero-order valence-electron chi connectivity index (χ0n) is 12.6. The number of fused-ring (bicyclic) bond motifs is 1. The Morgan fingerprint density at radius 3 is 2.42 bits per heavy atom. The van der Waals surface area contributed by atoms with Crippen LogP contribution in [0, 0.1) is 18.6 Å². The summed E-state index contributed by atoms with van der Waals surface area (Å²) in [7, 11) is 0. The molecule has 7 heteroatoms. The van der Waals surface area contributed by atoms with Crippen molar-refractivity contribution >= 4 is 40.0 Å². The number of carbonyl (C=O) groups excluding carboxylic acids is 1. The van der Waals surface area contributed by atoms with Crippen molar-refractivity contribution in [1.82, 2.24) is 9.97 Å². The molecule has 0 unspecified atom stereocenters. The number of aromatic nitrogens is 2. The van der Waals surface area contributed by atoms with Crippen molar-refractivity contribution in [2.75, 3.05) is 10.8 Å². The Morgan fingerprint density at radius 2 is 1.75 bits per heavy atom. The molecule has 1 aromatic heterocycles. The van der Waals surface area contributed by atoms with Gasteiger partial charge in [-0.05, 0) is 25.1 Å². The summed E-state index contributed by atoms with van der Waals surface area (Å²) in [5, 5.41) is 0.786. The molecular weight excluding hydrogens is 336 g/mol. The van der Waals surface area contributed by atoms with Gasteiger partial charge in [0.15, 0.2) is 0 Å². The largest absolute Gasteiger partial charge is 0.273 e. The maximum absolute atomic E-state index is 14.2. The molecule has 0 saturated heterocycles. The average Bonchev–Trinajstić information content (AvgIpc) is 2.57. The van der Waals surface area contributed by atoms with Crippen molar-refractivity contribution in [3.8, 4) is 0 Å². The van der Waals surface area contributed by atoms with Crippen LogP contribution >= 0.6 is 11.6 Å². The van der Waals surface area contributed by atoms with Crippen molar-refractivity contribution in [2.45, 2.75) is 6.92 Å². The fourth-order valence-corrected chi connectivity index (χ4v) is 2.54. The number of anilines is 2. The third kappa shape index (κ3) is 2.80. The van der Waals surface area contributed by atoms with Crippen LogP contribution in [0.4, 0.5) is 20.4 Å². The molecule has 122 valence electrons. The molecule has 0 bridgehead atoms. The average molecular weight is 348 g/mol. The van der Waals surface area contributed by atoms with Crippen molar-refractivity contribution in [3.63, 3.8) is 0 Å². The summed E-state index contributed by atoms with van der Waals surface area (Å²) in [6, 6.07) is 10.5. The zero-order valence-corrected chi connectivity index (χ0v) is 13.4. The number of carbonyl (C=O) groups is 1. The van der Waals surface area contributed by atoms with Crippen molar-refractivity contribution < 1.29 is 13.6 Å². The monoisotopic (exact) mass is 347 g/mol. The second-order valence-corrected chi connectivity index (χ2v) is 5.33. The van der Waals surface area contributed by atoms with Crippen LogP contribution in [0.3, 0.4) is 0 Å². The minimum Gasteiger partial charge on any atom is -0.273 e. The normalized spacial score (nSPS) is 10.8. The first-order chi connectivity index (χ1) is 11.5. The van der Waals surface area contributed by atoms with Gasteiger partial charge >= 0.3 is 0 Å². The van der Waals surface area contributed by atoms with Crippen LogP contribution in [0.5, 0.6) is 0 Å². The number of amides is 1. The van der Waals surface area contributed by atoms with E-state index in [1.807, 2.05) is 12.1 Å². The molecule has 24 heavy (non-hydrogen) atoms. The van der Waals surface area contributed by atoms with Gasteiger partial charge in [-0.25, -0.2) is 23.6 Å². The summed E-state index contributed by atoms with van der Waals surface area (Å²) in [6.07, 6.45) is 0. The van der Waals surface area contributed by atoms with E-state index in [2.05, 4.69) is 9.97 Å². The Bertz CT molecular complexity index is 913. The van der Waals surface area contributed by atoms with E-state index in [1.54, 1.807) is 19.1 Å². The maximum atomic E-state index is 14.2. The predicted octanol–water partition coefficient (Wildman–Crippen LogP) is 4.12. The van der Waals surface area contributed by atoms with Gasteiger partial charge in [-0.1, -0.05) is 24.3 Å². The fraction of sp³-hybridized carbons (Fsp3) is 0.118. The number of benzene rings is 2. The summed E-state index contributed by atoms with van der Waals surface area (Å²) in [5.74, 6) is -3.12. The van der Waals surface area contributed by atoms with Crippen LogP contribution in [0.15, 0.2) is 42.5 Å². The molecule has 1 amide bonds. The third-order valence-corrected chi connectivity index (χ3v) is 3.74. The summed E-state index contributed by atoms with van der Waals surface area (Å²) in [6.45, 7) is 1.73. The highest BCUT2D eigenvalue weighted by molar-refractivity contribution is 6.30. The lowest BCUT2D eigenvalue weighted by molar-refractivity contribution is -0.115. The van der Waals surface area contributed by atoms with Crippen LogP contribution < -0.4 is 4.90 Å². The van der Waals surface area contributed by atoms with Gasteiger partial charge in [-0.2, -0.15) is 0 Å². The molecule has 3 rings (SSSR count). The molecule has 1 heterocycles. The predicted molar refractivity (Wildman–Crippen MR) is 88.5 cm³/mol. The number of alkyl halides is 1. The molecule has 0 radical (unpaired) electrons. The van der Waals surface area contributed by atoms with E-state index in [0.29, 0.717) is 11.2 Å². The van der Waals surface area contributed by atoms with Gasteiger partial charge in [0.2, 0.25) is 11.9 Å². The quantitative estimate of drug-likeness (QED) is 0.669. The summed E-state index contributed by atoms with van der Waals surface area (Å²) in [5.41, 5.74) is 0.599. The molecule has 0 atom stereocenters. The molecule has 0 saturated carbocycles. The van der Waals surface area contributed by atoms with Gasteiger partial charge in [0, 0.05) is 5.39 Å². The van der Waals surface area contributed by atoms with Gasteiger partial charge < -0.3 is 0 Å². The molecular formula is C17H12ClF2N3O. The molecule has 3 aromatic rings. The van der Waals surface area contributed by atoms with E-state index < -0.39 is 29.1 Å². The molecule has 2 aromatic carbocycles. The molecule has 0 spiro atoms. The molecule has 0 N–H and O–H groups in total. The van der Waals surface area contributed by atoms with Crippen molar-refractivity contribution in [3.05, 3.63) is 59.8 Å². The number of nitrogens with zero attached hydrogens (tertiary/aromatic N) is 3. The lowest BCUT2D eigenvalue weighted by atomic mass is 10.2. The minimum atomic E-state index is -0.900. The van der Waals surface area contributed by atoms with Gasteiger partial charge in [0.1, 0.15) is 23.2 Å². The Kier molecular flexibility index (Phi) is 4.40. The molecule has 0 aliphatic heterocycles. The van der Waals surface area contributed by atoms with Crippen LogP contribution in [0.2, 0.25) is 0 Å². The Balaban J connectivity index is 2.26. The van der Waals surface area contributed by atoms with Gasteiger partial charge in [0.25, 0.3) is 0 Å².